The molecule has 0 heterocycles. The Bertz CT molecular complexity index is 318. The van der Waals surface area contributed by atoms with Crippen LogP contribution < -0.4 is 5.73 Å². The van der Waals surface area contributed by atoms with Crippen LogP contribution in [0.25, 0.3) is 0 Å². The fraction of sp³-hybridized carbons (Fsp3) is 0.222. The molecule has 0 saturated carbocycles. The first-order valence-corrected chi connectivity index (χ1v) is 4.81. The Hall–Kier alpha value is -1.10. The van der Waals surface area contributed by atoms with Crippen molar-refractivity contribution < 1.29 is 8.78 Å². The monoisotopic (exact) mass is 216 g/mol. The number of amidine groups is 1. The molecule has 0 radical (unpaired) electrons. The van der Waals surface area contributed by atoms with Gasteiger partial charge in [-0.3, -0.25) is 0 Å². The average Bonchev–Trinajstić information content (AvgIpc) is 2.06. The number of thioether (sulfide) groups is 1. The van der Waals surface area contributed by atoms with Gasteiger partial charge in [-0.2, -0.15) is 8.78 Å². The molecule has 0 aliphatic heterocycles. The zero-order chi connectivity index (χ0) is 10.6. The zero-order valence-corrected chi connectivity index (χ0v) is 8.39. The van der Waals surface area contributed by atoms with Crippen molar-refractivity contribution in [3.63, 3.8) is 0 Å². The van der Waals surface area contributed by atoms with Gasteiger partial charge in [-0.15, -0.1) is 0 Å². The minimum absolute atomic E-state index is 0.444. The molecule has 1 rings (SSSR count). The van der Waals surface area contributed by atoms with Gasteiger partial charge in [0, 0.05) is 4.90 Å². The van der Waals surface area contributed by atoms with Crippen molar-refractivity contribution in [1.29, 1.82) is 0 Å². The van der Waals surface area contributed by atoms with Crippen molar-refractivity contribution in [3.8, 4) is 0 Å². The summed E-state index contributed by atoms with van der Waals surface area (Å²) in [5.41, 5.74) is 6.04. The van der Waals surface area contributed by atoms with Gasteiger partial charge in [-0.05, 0) is 31.2 Å². The summed E-state index contributed by atoms with van der Waals surface area (Å²) < 4.78 is 23.9. The van der Waals surface area contributed by atoms with E-state index in [-0.39, 0.29) is 0 Å². The molecule has 0 fully saturated rings. The van der Waals surface area contributed by atoms with Crippen LogP contribution >= 0.6 is 11.8 Å². The van der Waals surface area contributed by atoms with Gasteiger partial charge in [0.25, 0.3) is 5.76 Å². The van der Waals surface area contributed by atoms with Gasteiger partial charge in [0.15, 0.2) is 0 Å². The summed E-state index contributed by atoms with van der Waals surface area (Å²) in [7, 11) is 0. The summed E-state index contributed by atoms with van der Waals surface area (Å²) in [6.07, 6.45) is 0. The third-order valence-electron chi connectivity index (χ3n) is 1.37. The molecule has 0 aromatic heterocycles. The second kappa shape index (κ2) is 4.95. The second-order valence-electron chi connectivity index (χ2n) is 2.63. The summed E-state index contributed by atoms with van der Waals surface area (Å²) in [6.45, 7) is 1.67. The summed E-state index contributed by atoms with van der Waals surface area (Å²) >= 11 is 0.513. The highest BCUT2D eigenvalue weighted by molar-refractivity contribution is 7.99. The van der Waals surface area contributed by atoms with Crippen LogP contribution in [0.5, 0.6) is 0 Å². The number of aliphatic imine (C=N–C) groups is 1. The molecule has 0 aliphatic rings. The molecule has 0 spiro atoms. The predicted octanol–water partition coefficient (Wildman–Crippen LogP) is 3.01. The lowest BCUT2D eigenvalue weighted by atomic mass is 10.3. The Morgan fingerprint density at radius 1 is 1.36 bits per heavy atom. The molecule has 0 bridgehead atoms. The van der Waals surface area contributed by atoms with Crippen LogP contribution in [-0.2, 0) is 0 Å². The number of nitrogens with zero attached hydrogens (tertiary/aromatic N) is 1. The lowest BCUT2D eigenvalue weighted by Crippen LogP contribution is -2.03. The molecule has 76 valence electrons. The summed E-state index contributed by atoms with van der Waals surface area (Å²) in [5, 5.41) is 0. The molecule has 1 aromatic rings. The molecule has 2 N–H and O–H groups in total. The second-order valence-corrected chi connectivity index (χ2v) is 3.69. The first-order valence-electron chi connectivity index (χ1n) is 3.93. The van der Waals surface area contributed by atoms with Crippen LogP contribution in [0, 0.1) is 0 Å². The lowest BCUT2D eigenvalue weighted by molar-refractivity contribution is 0.252. The van der Waals surface area contributed by atoms with Crippen LogP contribution in [0.3, 0.4) is 0 Å². The number of alkyl halides is 2. The van der Waals surface area contributed by atoms with E-state index in [1.54, 1.807) is 31.2 Å². The first kappa shape index (κ1) is 11.0. The largest absolute Gasteiger partial charge is 0.387 e. The van der Waals surface area contributed by atoms with E-state index in [2.05, 4.69) is 4.99 Å². The van der Waals surface area contributed by atoms with Crippen molar-refractivity contribution in [1.82, 2.24) is 0 Å². The summed E-state index contributed by atoms with van der Waals surface area (Å²) in [6, 6.07) is 6.50. The van der Waals surface area contributed by atoms with Crippen LogP contribution in [0.1, 0.15) is 6.92 Å². The quantitative estimate of drug-likeness (QED) is 0.479. The number of benzene rings is 1. The van der Waals surface area contributed by atoms with E-state index in [0.29, 0.717) is 28.2 Å². The highest BCUT2D eigenvalue weighted by Crippen LogP contribution is 2.26. The standard InChI is InChI=1S/C9H10F2N2S/c1-6(12)13-7-2-4-8(5-3-7)14-9(10)11/h2-5,9H,1H3,(H2,12,13). The molecule has 0 aliphatic carbocycles. The Morgan fingerprint density at radius 3 is 2.36 bits per heavy atom. The Balaban J connectivity index is 2.74. The Kier molecular flexibility index (Phi) is 3.88. The smallest absolute Gasteiger partial charge is 0.288 e. The molecule has 1 aromatic carbocycles. The van der Waals surface area contributed by atoms with Crippen molar-refractivity contribution >= 4 is 23.3 Å². The lowest BCUT2D eigenvalue weighted by Gasteiger charge is -2.00. The number of hydrogen-bond acceptors (Lipinski definition) is 2. The van der Waals surface area contributed by atoms with Gasteiger partial charge in [0.2, 0.25) is 0 Å². The molecule has 0 atom stereocenters. The van der Waals surface area contributed by atoms with E-state index in [1.807, 2.05) is 0 Å². The minimum atomic E-state index is -2.39. The maximum absolute atomic E-state index is 11.9. The van der Waals surface area contributed by atoms with E-state index in [1.165, 1.54) is 0 Å². The van der Waals surface area contributed by atoms with Gasteiger partial charge in [0.1, 0.15) is 0 Å². The minimum Gasteiger partial charge on any atom is -0.387 e. The molecule has 0 amide bonds. The van der Waals surface area contributed by atoms with Gasteiger partial charge in [-0.25, -0.2) is 4.99 Å². The van der Waals surface area contributed by atoms with E-state index in [4.69, 9.17) is 5.73 Å². The van der Waals surface area contributed by atoms with Crippen LogP contribution in [0.2, 0.25) is 0 Å². The third-order valence-corrected chi connectivity index (χ3v) is 2.09. The average molecular weight is 216 g/mol. The van der Waals surface area contributed by atoms with Gasteiger partial charge >= 0.3 is 0 Å². The highest BCUT2D eigenvalue weighted by atomic mass is 32.2. The van der Waals surface area contributed by atoms with Crippen LogP contribution in [0.15, 0.2) is 34.2 Å². The van der Waals surface area contributed by atoms with Gasteiger partial charge in [-0.1, -0.05) is 11.8 Å². The Morgan fingerprint density at radius 2 is 1.93 bits per heavy atom. The van der Waals surface area contributed by atoms with Gasteiger partial charge in [0.05, 0.1) is 11.5 Å². The van der Waals surface area contributed by atoms with Crippen LogP contribution in [0.4, 0.5) is 14.5 Å². The predicted molar refractivity (Wildman–Crippen MR) is 55.3 cm³/mol. The normalized spacial score (nSPS) is 12.1. The third kappa shape index (κ3) is 3.74. The van der Waals surface area contributed by atoms with Crippen molar-refractivity contribution in [2.75, 3.05) is 0 Å². The fourth-order valence-corrected chi connectivity index (χ4v) is 1.40. The molecule has 0 unspecified atom stereocenters. The van der Waals surface area contributed by atoms with E-state index >= 15 is 0 Å². The zero-order valence-electron chi connectivity index (χ0n) is 7.58. The molecule has 14 heavy (non-hydrogen) atoms. The molecule has 5 heteroatoms. The molecule has 0 saturated heterocycles. The van der Waals surface area contributed by atoms with Crippen molar-refractivity contribution in [2.24, 2.45) is 10.7 Å². The maximum Gasteiger partial charge on any atom is 0.288 e. The summed E-state index contributed by atoms with van der Waals surface area (Å²) in [4.78, 5) is 4.50. The number of halogens is 2. The van der Waals surface area contributed by atoms with Crippen molar-refractivity contribution in [2.45, 2.75) is 17.6 Å². The summed E-state index contributed by atoms with van der Waals surface area (Å²) in [5.74, 6) is -1.94. The molecule has 2 nitrogen and oxygen atoms in total. The van der Waals surface area contributed by atoms with Crippen molar-refractivity contribution in [3.05, 3.63) is 24.3 Å². The van der Waals surface area contributed by atoms with Crippen LogP contribution in [-0.4, -0.2) is 11.6 Å². The first-order chi connectivity index (χ1) is 6.58. The topological polar surface area (TPSA) is 38.4 Å². The molecular formula is C9H10F2N2S. The molecular weight excluding hydrogens is 206 g/mol. The SMILES string of the molecule is CC(N)=Nc1ccc(SC(F)F)cc1. The van der Waals surface area contributed by atoms with E-state index in [9.17, 15) is 8.78 Å². The number of hydrogen-bond donors (Lipinski definition) is 1. The fourth-order valence-electron chi connectivity index (χ4n) is 0.906. The maximum atomic E-state index is 11.9. The van der Waals surface area contributed by atoms with E-state index < -0.39 is 5.76 Å². The Labute approximate surface area is 85.2 Å². The van der Waals surface area contributed by atoms with Gasteiger partial charge < -0.3 is 5.73 Å². The number of rotatable bonds is 3. The highest BCUT2D eigenvalue weighted by Gasteiger charge is 2.04. The number of nitrogens with two attached hydrogens (primary N) is 1. The van der Waals surface area contributed by atoms with E-state index in [0.717, 1.165) is 0 Å².